The number of aryl methyl sites for hydroxylation is 1. The summed E-state index contributed by atoms with van der Waals surface area (Å²) in [6.07, 6.45) is -4.40. The fourth-order valence-corrected chi connectivity index (χ4v) is 3.71. The third-order valence-corrected chi connectivity index (χ3v) is 5.29. The first-order valence-corrected chi connectivity index (χ1v) is 9.83. The number of hydrogen-bond acceptors (Lipinski definition) is 2. The Labute approximate surface area is 176 Å². The molecule has 160 valence electrons. The SMILES string of the molecule is Cc1ccc2c(c1)c1cc(C(=O)N[C@H](C)CO)ccc1n2-c1ccc(C(F)(F)F)cc1. The normalized spacial score (nSPS) is 13.0. The second-order valence-corrected chi connectivity index (χ2v) is 7.69. The average Bonchev–Trinajstić information content (AvgIpc) is 3.06. The van der Waals surface area contributed by atoms with Gasteiger partial charge in [0.05, 0.1) is 23.2 Å². The number of aliphatic hydroxyl groups excluding tert-OH is 1. The fraction of sp³-hybridized carbons (Fsp3) is 0.208. The van der Waals surface area contributed by atoms with Gasteiger partial charge in [-0.25, -0.2) is 0 Å². The van der Waals surface area contributed by atoms with Crippen LogP contribution in [0.5, 0.6) is 0 Å². The van der Waals surface area contributed by atoms with Crippen molar-refractivity contribution in [2.75, 3.05) is 6.61 Å². The van der Waals surface area contributed by atoms with Crippen molar-refractivity contribution in [3.05, 3.63) is 77.4 Å². The van der Waals surface area contributed by atoms with Gasteiger partial charge in [0.2, 0.25) is 0 Å². The number of amides is 1. The second kappa shape index (κ2) is 7.74. The summed E-state index contributed by atoms with van der Waals surface area (Å²) in [4.78, 5) is 12.5. The van der Waals surface area contributed by atoms with Crippen LogP contribution in [-0.4, -0.2) is 28.2 Å². The highest BCUT2D eigenvalue weighted by Crippen LogP contribution is 2.35. The summed E-state index contributed by atoms with van der Waals surface area (Å²) in [5.41, 5.74) is 2.99. The van der Waals surface area contributed by atoms with E-state index in [1.165, 1.54) is 12.1 Å². The molecular formula is C24H21F3N2O2. The molecule has 0 aliphatic heterocycles. The predicted octanol–water partition coefficient (Wildman–Crippen LogP) is 5.22. The van der Waals surface area contributed by atoms with E-state index in [1.54, 1.807) is 25.1 Å². The van der Waals surface area contributed by atoms with Gasteiger partial charge in [-0.15, -0.1) is 0 Å². The molecular weight excluding hydrogens is 405 g/mol. The van der Waals surface area contributed by atoms with Crippen molar-refractivity contribution >= 4 is 27.7 Å². The minimum absolute atomic E-state index is 0.166. The smallest absolute Gasteiger partial charge is 0.394 e. The zero-order valence-electron chi connectivity index (χ0n) is 17.0. The number of nitrogens with zero attached hydrogens (tertiary/aromatic N) is 1. The van der Waals surface area contributed by atoms with Crippen molar-refractivity contribution in [1.29, 1.82) is 0 Å². The van der Waals surface area contributed by atoms with Gasteiger partial charge in [-0.3, -0.25) is 4.79 Å². The number of hydrogen-bond donors (Lipinski definition) is 2. The zero-order valence-corrected chi connectivity index (χ0v) is 17.0. The third-order valence-electron chi connectivity index (χ3n) is 5.29. The number of nitrogens with one attached hydrogen (secondary N) is 1. The molecule has 3 aromatic carbocycles. The van der Waals surface area contributed by atoms with Gasteiger partial charge in [-0.05, 0) is 68.4 Å². The molecule has 7 heteroatoms. The van der Waals surface area contributed by atoms with Crippen molar-refractivity contribution in [2.45, 2.75) is 26.1 Å². The quantitative estimate of drug-likeness (QED) is 0.470. The molecule has 1 heterocycles. The average molecular weight is 426 g/mol. The molecule has 0 aliphatic carbocycles. The largest absolute Gasteiger partial charge is 0.416 e. The highest BCUT2D eigenvalue weighted by molar-refractivity contribution is 6.11. The maximum absolute atomic E-state index is 13.0. The van der Waals surface area contributed by atoms with Crippen LogP contribution in [0.3, 0.4) is 0 Å². The molecule has 0 saturated carbocycles. The maximum Gasteiger partial charge on any atom is 0.416 e. The van der Waals surface area contributed by atoms with Crippen molar-refractivity contribution in [3.63, 3.8) is 0 Å². The number of alkyl halides is 3. The standard InChI is InChI=1S/C24H21F3N2O2/c1-14-3-9-21-19(11-14)20-12-16(23(31)28-15(2)13-30)4-10-22(20)29(21)18-7-5-17(6-8-18)24(25,26)27/h3-12,15,30H,13H2,1-2H3,(H,28,31)/t15-/m1/s1. The minimum atomic E-state index is -4.40. The van der Waals surface area contributed by atoms with Crippen LogP contribution in [0.1, 0.15) is 28.4 Å². The van der Waals surface area contributed by atoms with Gasteiger partial charge in [0.25, 0.3) is 5.91 Å². The Morgan fingerprint density at radius 1 is 1.00 bits per heavy atom. The number of benzene rings is 3. The predicted molar refractivity (Wildman–Crippen MR) is 115 cm³/mol. The first-order valence-electron chi connectivity index (χ1n) is 9.83. The third kappa shape index (κ3) is 3.88. The first-order chi connectivity index (χ1) is 14.7. The summed E-state index contributed by atoms with van der Waals surface area (Å²) in [5.74, 6) is -0.300. The Kier molecular flexibility index (Phi) is 5.23. The molecule has 0 unspecified atom stereocenters. The summed E-state index contributed by atoms with van der Waals surface area (Å²) in [6.45, 7) is 3.50. The Bertz CT molecular complexity index is 1270. The Morgan fingerprint density at radius 2 is 1.61 bits per heavy atom. The van der Waals surface area contributed by atoms with E-state index in [-0.39, 0.29) is 18.6 Å². The van der Waals surface area contributed by atoms with E-state index < -0.39 is 11.7 Å². The van der Waals surface area contributed by atoms with Gasteiger partial charge in [0.15, 0.2) is 0 Å². The lowest BCUT2D eigenvalue weighted by Crippen LogP contribution is -2.34. The van der Waals surface area contributed by atoms with E-state index >= 15 is 0 Å². The molecule has 1 amide bonds. The van der Waals surface area contributed by atoms with Crippen LogP contribution >= 0.6 is 0 Å². The van der Waals surface area contributed by atoms with Crippen molar-refractivity contribution < 1.29 is 23.1 Å². The molecule has 0 aliphatic rings. The molecule has 0 fully saturated rings. The van der Waals surface area contributed by atoms with E-state index in [2.05, 4.69) is 5.32 Å². The van der Waals surface area contributed by atoms with Crippen molar-refractivity contribution in [2.24, 2.45) is 0 Å². The molecule has 4 nitrogen and oxygen atoms in total. The number of aromatic nitrogens is 1. The first kappa shape index (κ1) is 20.9. The van der Waals surface area contributed by atoms with E-state index in [9.17, 15) is 23.1 Å². The fourth-order valence-electron chi connectivity index (χ4n) is 3.71. The van der Waals surface area contributed by atoms with Crippen LogP contribution in [0.4, 0.5) is 13.2 Å². The van der Waals surface area contributed by atoms with Crippen LogP contribution < -0.4 is 5.32 Å². The van der Waals surface area contributed by atoms with Gasteiger partial charge < -0.3 is 15.0 Å². The molecule has 31 heavy (non-hydrogen) atoms. The number of rotatable bonds is 4. The number of aliphatic hydroxyl groups is 1. The number of carbonyl (C=O) groups excluding carboxylic acids is 1. The number of halogens is 3. The second-order valence-electron chi connectivity index (χ2n) is 7.69. The Hall–Kier alpha value is -3.32. The summed E-state index contributed by atoms with van der Waals surface area (Å²) in [6, 6.07) is 15.8. The van der Waals surface area contributed by atoms with E-state index in [0.29, 0.717) is 11.3 Å². The van der Waals surface area contributed by atoms with E-state index in [0.717, 1.165) is 39.5 Å². The molecule has 1 atom stereocenters. The van der Waals surface area contributed by atoms with Crippen LogP contribution in [0, 0.1) is 6.92 Å². The minimum Gasteiger partial charge on any atom is -0.394 e. The molecule has 2 N–H and O–H groups in total. The monoisotopic (exact) mass is 426 g/mol. The summed E-state index contributed by atoms with van der Waals surface area (Å²) >= 11 is 0. The van der Waals surface area contributed by atoms with Gasteiger partial charge in [-0.1, -0.05) is 11.6 Å². The van der Waals surface area contributed by atoms with E-state index in [1.807, 2.05) is 29.7 Å². The van der Waals surface area contributed by atoms with Gasteiger partial charge in [0.1, 0.15) is 0 Å². The van der Waals surface area contributed by atoms with Crippen LogP contribution in [0.25, 0.3) is 27.5 Å². The molecule has 0 spiro atoms. The van der Waals surface area contributed by atoms with Crippen LogP contribution in [-0.2, 0) is 6.18 Å². The van der Waals surface area contributed by atoms with Gasteiger partial charge in [-0.2, -0.15) is 13.2 Å². The van der Waals surface area contributed by atoms with E-state index in [4.69, 9.17) is 0 Å². The number of carbonyl (C=O) groups is 1. The zero-order chi connectivity index (χ0) is 22.3. The lowest BCUT2D eigenvalue weighted by atomic mass is 10.1. The maximum atomic E-state index is 13.0. The molecule has 1 aromatic heterocycles. The molecule has 0 saturated heterocycles. The van der Waals surface area contributed by atoms with Crippen LogP contribution in [0.2, 0.25) is 0 Å². The molecule has 0 bridgehead atoms. The molecule has 4 rings (SSSR count). The van der Waals surface area contributed by atoms with Crippen molar-refractivity contribution in [1.82, 2.24) is 9.88 Å². The summed E-state index contributed by atoms with van der Waals surface area (Å²) < 4.78 is 40.9. The summed E-state index contributed by atoms with van der Waals surface area (Å²) in [7, 11) is 0. The lowest BCUT2D eigenvalue weighted by molar-refractivity contribution is -0.137. The lowest BCUT2D eigenvalue weighted by Gasteiger charge is -2.12. The Morgan fingerprint density at radius 3 is 2.23 bits per heavy atom. The molecule has 0 radical (unpaired) electrons. The van der Waals surface area contributed by atoms with Gasteiger partial charge >= 0.3 is 6.18 Å². The highest BCUT2D eigenvalue weighted by atomic mass is 19.4. The Balaban J connectivity index is 1.90. The topological polar surface area (TPSA) is 54.3 Å². The molecule has 4 aromatic rings. The number of fused-ring (bicyclic) bond motifs is 3. The highest BCUT2D eigenvalue weighted by Gasteiger charge is 2.30. The van der Waals surface area contributed by atoms with Crippen LogP contribution in [0.15, 0.2) is 60.7 Å². The summed E-state index contributed by atoms with van der Waals surface area (Å²) in [5, 5.41) is 13.6. The van der Waals surface area contributed by atoms with Crippen molar-refractivity contribution in [3.8, 4) is 5.69 Å². The van der Waals surface area contributed by atoms with Gasteiger partial charge in [0, 0.05) is 28.1 Å².